The fourth-order valence-corrected chi connectivity index (χ4v) is 8.77. The Morgan fingerprint density at radius 3 is 2.65 bits per heavy atom. The summed E-state index contributed by atoms with van der Waals surface area (Å²) in [6.45, 7) is 8.42. The molecule has 3 aromatic carbocycles. The molecule has 0 saturated carbocycles. The standard InChI is InChI=1S/C36H39F3N4O3/c1-3-24-27(37)7-6-22-14-23(44)15-25(29(22)24)30-28(38)16-26-32(31(30)39)40-34(45-20-35-8-4-12-43(35)18-21(2)17-35)41-33(26)42-11-5-9-36(19-42)10-13-46-36/h6-7,14-16,21,44H,3-5,8-13,17-20H2,1-2H3/t21-,35+,36?/m1/s1. The van der Waals surface area contributed by atoms with Gasteiger partial charge in [-0.1, -0.05) is 19.9 Å². The molecule has 5 heterocycles. The Kier molecular flexibility index (Phi) is 7.10. The molecule has 242 valence electrons. The first kappa shape index (κ1) is 29.8. The number of halogens is 3. The van der Waals surface area contributed by atoms with Crippen molar-refractivity contribution < 1.29 is 27.8 Å². The van der Waals surface area contributed by atoms with E-state index >= 15 is 13.2 Å². The van der Waals surface area contributed by atoms with Crippen LogP contribution in [-0.2, 0) is 11.2 Å². The third kappa shape index (κ3) is 4.70. The van der Waals surface area contributed by atoms with Crippen molar-refractivity contribution in [3.05, 3.63) is 53.3 Å². The van der Waals surface area contributed by atoms with Gasteiger partial charge in [-0.25, -0.2) is 13.2 Å². The summed E-state index contributed by atoms with van der Waals surface area (Å²) < 4.78 is 60.7. The summed E-state index contributed by atoms with van der Waals surface area (Å²) in [5.74, 6) is -1.41. The molecule has 4 aliphatic rings. The number of hydrogen-bond donors (Lipinski definition) is 1. The van der Waals surface area contributed by atoms with Crippen molar-refractivity contribution in [1.29, 1.82) is 0 Å². The Balaban J connectivity index is 1.30. The Morgan fingerprint density at radius 1 is 1.04 bits per heavy atom. The normalized spacial score (nSPS) is 26.3. The van der Waals surface area contributed by atoms with E-state index in [4.69, 9.17) is 14.5 Å². The SMILES string of the molecule is CCc1c(F)ccc2cc(O)cc(-c3c(F)cc4c(N5CCCC6(CCO6)C5)nc(OC[C@@]56CCCN5C[C@H](C)C6)nc4c3F)c12. The summed E-state index contributed by atoms with van der Waals surface area (Å²) in [6.07, 6.45) is 6.17. The second-order valence-corrected chi connectivity index (χ2v) is 13.9. The monoisotopic (exact) mass is 632 g/mol. The molecule has 4 aromatic rings. The third-order valence-corrected chi connectivity index (χ3v) is 10.9. The number of rotatable bonds is 6. The van der Waals surface area contributed by atoms with Crippen LogP contribution >= 0.6 is 0 Å². The van der Waals surface area contributed by atoms with E-state index in [9.17, 15) is 5.11 Å². The lowest BCUT2D eigenvalue weighted by molar-refractivity contribution is -0.151. The van der Waals surface area contributed by atoms with E-state index in [2.05, 4.69) is 16.8 Å². The van der Waals surface area contributed by atoms with Crippen molar-refractivity contribution in [2.24, 2.45) is 5.92 Å². The summed E-state index contributed by atoms with van der Waals surface area (Å²) in [5, 5.41) is 11.7. The van der Waals surface area contributed by atoms with Crippen LogP contribution < -0.4 is 9.64 Å². The van der Waals surface area contributed by atoms with Crippen molar-refractivity contribution in [2.75, 3.05) is 44.3 Å². The lowest BCUT2D eigenvalue weighted by atomic mass is 9.85. The Bertz CT molecular complexity index is 1860. The molecule has 0 bridgehead atoms. The number of piperidine rings is 1. The Hall–Kier alpha value is -3.63. The Labute approximate surface area is 266 Å². The Morgan fingerprint density at radius 2 is 1.87 bits per heavy atom. The number of aromatic hydroxyl groups is 1. The molecule has 3 atom stereocenters. The number of aromatic nitrogens is 2. The van der Waals surface area contributed by atoms with Gasteiger partial charge < -0.3 is 19.5 Å². The number of aryl methyl sites for hydroxylation is 1. The maximum Gasteiger partial charge on any atom is 0.319 e. The van der Waals surface area contributed by atoms with Gasteiger partial charge >= 0.3 is 6.01 Å². The number of anilines is 1. The lowest BCUT2D eigenvalue weighted by Gasteiger charge is -2.48. The minimum atomic E-state index is -0.900. The van der Waals surface area contributed by atoms with Crippen LogP contribution in [0.3, 0.4) is 0 Å². The molecule has 0 aliphatic carbocycles. The van der Waals surface area contributed by atoms with Gasteiger partial charge in [-0.15, -0.1) is 0 Å². The summed E-state index contributed by atoms with van der Waals surface area (Å²) >= 11 is 0. The highest BCUT2D eigenvalue weighted by Crippen LogP contribution is 2.45. The molecule has 1 aromatic heterocycles. The highest BCUT2D eigenvalue weighted by atomic mass is 19.1. The quantitative estimate of drug-likeness (QED) is 0.242. The van der Waals surface area contributed by atoms with Crippen LogP contribution in [0, 0.1) is 23.4 Å². The van der Waals surface area contributed by atoms with Crippen LogP contribution in [0.4, 0.5) is 19.0 Å². The van der Waals surface area contributed by atoms with Crippen LogP contribution in [0.2, 0.25) is 0 Å². The minimum Gasteiger partial charge on any atom is -0.508 e. The predicted molar refractivity (Wildman–Crippen MR) is 171 cm³/mol. The summed E-state index contributed by atoms with van der Waals surface area (Å²) in [5.41, 5.74) is -0.419. The number of nitrogens with zero attached hydrogens (tertiary/aromatic N) is 4. The van der Waals surface area contributed by atoms with E-state index in [-0.39, 0.29) is 44.9 Å². The van der Waals surface area contributed by atoms with Gasteiger partial charge in [0.1, 0.15) is 35.3 Å². The van der Waals surface area contributed by atoms with Crippen LogP contribution in [0.1, 0.15) is 57.9 Å². The fourth-order valence-electron chi connectivity index (χ4n) is 8.77. The number of phenols is 1. The molecule has 1 unspecified atom stereocenters. The molecule has 10 heteroatoms. The molecular weight excluding hydrogens is 593 g/mol. The van der Waals surface area contributed by atoms with Crippen LogP contribution in [0.15, 0.2) is 30.3 Å². The van der Waals surface area contributed by atoms with Crippen molar-refractivity contribution in [3.8, 4) is 22.9 Å². The van der Waals surface area contributed by atoms with Gasteiger partial charge in [-0.05, 0) is 97.2 Å². The van der Waals surface area contributed by atoms with Crippen molar-refractivity contribution in [3.63, 3.8) is 0 Å². The summed E-state index contributed by atoms with van der Waals surface area (Å²) in [6, 6.07) is 6.92. The van der Waals surface area contributed by atoms with Gasteiger partial charge in [-0.3, -0.25) is 4.90 Å². The average Bonchev–Trinajstić information content (AvgIpc) is 3.55. The topological polar surface area (TPSA) is 71.0 Å². The molecular formula is C36H39F3N4O3. The van der Waals surface area contributed by atoms with E-state index < -0.39 is 17.5 Å². The second kappa shape index (κ2) is 11.0. The molecule has 8 rings (SSSR count). The van der Waals surface area contributed by atoms with E-state index in [1.54, 1.807) is 6.92 Å². The predicted octanol–water partition coefficient (Wildman–Crippen LogP) is 7.15. The third-order valence-electron chi connectivity index (χ3n) is 10.9. The van der Waals surface area contributed by atoms with Gasteiger partial charge in [-0.2, -0.15) is 9.97 Å². The van der Waals surface area contributed by atoms with Crippen molar-refractivity contribution in [1.82, 2.24) is 14.9 Å². The lowest BCUT2D eigenvalue weighted by Crippen LogP contribution is -2.56. The number of ether oxygens (including phenoxy) is 2. The zero-order valence-corrected chi connectivity index (χ0v) is 26.3. The molecule has 1 spiro atoms. The molecule has 1 N–H and O–H groups in total. The minimum absolute atomic E-state index is 0.0509. The average molecular weight is 633 g/mol. The summed E-state index contributed by atoms with van der Waals surface area (Å²) in [7, 11) is 0. The fraction of sp³-hybridized carbons (Fsp3) is 0.500. The molecule has 0 radical (unpaired) electrons. The van der Waals surface area contributed by atoms with Gasteiger partial charge in [0.2, 0.25) is 0 Å². The molecule has 4 fully saturated rings. The number of phenolic OH excluding ortho intramolecular Hbond substituents is 1. The van der Waals surface area contributed by atoms with E-state index in [1.807, 2.05) is 4.90 Å². The molecule has 46 heavy (non-hydrogen) atoms. The van der Waals surface area contributed by atoms with E-state index in [0.29, 0.717) is 60.8 Å². The number of hydrogen-bond acceptors (Lipinski definition) is 7. The first-order valence-corrected chi connectivity index (χ1v) is 16.6. The van der Waals surface area contributed by atoms with Crippen LogP contribution in [0.5, 0.6) is 11.8 Å². The first-order chi connectivity index (χ1) is 22.2. The zero-order chi connectivity index (χ0) is 31.8. The first-order valence-electron chi connectivity index (χ1n) is 16.6. The molecule has 7 nitrogen and oxygen atoms in total. The number of fused-ring (bicyclic) bond motifs is 3. The molecule has 0 amide bonds. The number of benzene rings is 3. The van der Waals surface area contributed by atoms with Gasteiger partial charge in [0.15, 0.2) is 5.82 Å². The van der Waals surface area contributed by atoms with Crippen molar-refractivity contribution >= 4 is 27.5 Å². The van der Waals surface area contributed by atoms with Crippen LogP contribution in [-0.4, -0.2) is 70.5 Å². The maximum atomic E-state index is 17.0. The second-order valence-electron chi connectivity index (χ2n) is 13.9. The van der Waals surface area contributed by atoms with E-state index in [1.165, 1.54) is 30.3 Å². The summed E-state index contributed by atoms with van der Waals surface area (Å²) in [4.78, 5) is 14.0. The largest absolute Gasteiger partial charge is 0.508 e. The van der Waals surface area contributed by atoms with E-state index in [0.717, 1.165) is 51.6 Å². The van der Waals surface area contributed by atoms with Crippen LogP contribution in [0.25, 0.3) is 32.8 Å². The van der Waals surface area contributed by atoms with Crippen molar-refractivity contribution in [2.45, 2.75) is 69.9 Å². The highest BCUT2D eigenvalue weighted by Gasteiger charge is 2.48. The van der Waals surface area contributed by atoms with Gasteiger partial charge in [0.05, 0.1) is 23.3 Å². The molecule has 4 aliphatic heterocycles. The smallest absolute Gasteiger partial charge is 0.319 e. The van der Waals surface area contributed by atoms with Gasteiger partial charge in [0, 0.05) is 31.4 Å². The zero-order valence-electron chi connectivity index (χ0n) is 26.3. The molecule has 4 saturated heterocycles. The van der Waals surface area contributed by atoms with Gasteiger partial charge in [0.25, 0.3) is 0 Å². The maximum absolute atomic E-state index is 17.0. The highest BCUT2D eigenvalue weighted by molar-refractivity contribution is 6.03.